The molecule has 0 aliphatic carbocycles. The lowest BCUT2D eigenvalue weighted by atomic mass is 9.88. The number of hydrogen-bond acceptors (Lipinski definition) is 8. The third-order valence-electron chi connectivity index (χ3n) is 5.97. The number of aliphatic hydroxyl groups excluding tert-OH is 1. The normalized spacial score (nSPS) is 17.3. The van der Waals surface area contributed by atoms with Gasteiger partial charge >= 0.3 is 5.97 Å². The average Bonchev–Trinajstić information content (AvgIpc) is 2.87. The van der Waals surface area contributed by atoms with Crippen molar-refractivity contribution in [3.05, 3.63) is 53.6 Å². The van der Waals surface area contributed by atoms with Gasteiger partial charge in [0, 0.05) is 18.0 Å². The minimum absolute atomic E-state index is 0.0365. The van der Waals surface area contributed by atoms with Gasteiger partial charge in [0.05, 0.1) is 12.7 Å². The Hall–Kier alpha value is -3.10. The van der Waals surface area contributed by atoms with Crippen molar-refractivity contribution in [3.8, 4) is 17.2 Å². The summed E-state index contributed by atoms with van der Waals surface area (Å²) in [5, 5.41) is 10.4. The predicted octanol–water partition coefficient (Wildman–Crippen LogP) is 2.58. The van der Waals surface area contributed by atoms with Crippen LogP contribution in [0, 0.1) is 5.92 Å². The summed E-state index contributed by atoms with van der Waals surface area (Å²) < 4.78 is 21.4. The topological polar surface area (TPSA) is 94.5 Å². The quantitative estimate of drug-likeness (QED) is 0.480. The minimum atomic E-state index is -0.657. The summed E-state index contributed by atoms with van der Waals surface area (Å²) in [6, 6.07) is 12.0. The number of piperidine rings is 1. The van der Waals surface area contributed by atoms with E-state index in [1.807, 2.05) is 0 Å². The number of ketones is 1. The van der Waals surface area contributed by atoms with E-state index in [1.54, 1.807) is 42.5 Å². The Morgan fingerprint density at radius 1 is 1.03 bits per heavy atom. The lowest BCUT2D eigenvalue weighted by Gasteiger charge is -2.32. The molecule has 1 fully saturated rings. The number of hydrogen-bond donors (Lipinski definition) is 1. The summed E-state index contributed by atoms with van der Waals surface area (Å²) >= 11 is 0. The van der Waals surface area contributed by atoms with Crippen molar-refractivity contribution in [3.63, 3.8) is 0 Å². The molecule has 4 rings (SSSR count). The van der Waals surface area contributed by atoms with Crippen LogP contribution in [0.4, 0.5) is 0 Å². The van der Waals surface area contributed by atoms with Gasteiger partial charge < -0.3 is 29.0 Å². The van der Waals surface area contributed by atoms with Gasteiger partial charge in [0.15, 0.2) is 17.3 Å². The molecule has 33 heavy (non-hydrogen) atoms. The van der Waals surface area contributed by atoms with Gasteiger partial charge in [-0.15, -0.1) is 0 Å². The van der Waals surface area contributed by atoms with Crippen molar-refractivity contribution < 1.29 is 33.6 Å². The lowest BCUT2D eigenvalue weighted by molar-refractivity contribution is 0.0522. The minimum Gasteiger partial charge on any atom is -0.491 e. The van der Waals surface area contributed by atoms with Crippen LogP contribution in [-0.2, 0) is 4.74 Å². The number of fused-ring (bicyclic) bond motifs is 1. The smallest absolute Gasteiger partial charge is 0.337 e. The molecule has 2 aromatic carbocycles. The van der Waals surface area contributed by atoms with E-state index in [4.69, 9.17) is 14.2 Å². The summed E-state index contributed by atoms with van der Waals surface area (Å²) in [6.07, 6.45) is 0.835. The Morgan fingerprint density at radius 3 is 2.39 bits per heavy atom. The standard InChI is InChI=1S/C25H29NO7/c1-30-25(29)18-2-5-21(6-3-18)33-16-20(27)15-26-10-8-17(9-11-26)24(28)19-4-7-22-23(14-19)32-13-12-31-22/h2-7,14,17,20,27H,8-13,15-16H2,1H3/t20-/m1/s1. The van der Waals surface area contributed by atoms with E-state index in [1.165, 1.54) is 7.11 Å². The zero-order valence-electron chi connectivity index (χ0n) is 18.7. The number of aliphatic hydroxyl groups is 1. The van der Waals surface area contributed by atoms with Gasteiger partial charge in [-0.1, -0.05) is 0 Å². The highest BCUT2D eigenvalue weighted by Crippen LogP contribution is 2.32. The van der Waals surface area contributed by atoms with E-state index in [0.29, 0.717) is 48.1 Å². The molecule has 1 N–H and O–H groups in total. The maximum atomic E-state index is 12.9. The fourth-order valence-corrected chi connectivity index (χ4v) is 4.16. The first kappa shape index (κ1) is 23.1. The molecular weight excluding hydrogens is 426 g/mol. The zero-order chi connectivity index (χ0) is 23.2. The number of likely N-dealkylation sites (tertiary alicyclic amines) is 1. The molecule has 8 nitrogen and oxygen atoms in total. The van der Waals surface area contributed by atoms with E-state index in [2.05, 4.69) is 9.64 Å². The molecule has 0 radical (unpaired) electrons. The molecular formula is C25H29NO7. The highest BCUT2D eigenvalue weighted by atomic mass is 16.6. The van der Waals surface area contributed by atoms with Gasteiger partial charge in [-0.2, -0.15) is 0 Å². The van der Waals surface area contributed by atoms with Crippen LogP contribution in [0.5, 0.6) is 17.2 Å². The molecule has 2 aliphatic heterocycles. The first-order valence-corrected chi connectivity index (χ1v) is 11.2. The van der Waals surface area contributed by atoms with Crippen LogP contribution < -0.4 is 14.2 Å². The monoisotopic (exact) mass is 455 g/mol. The fraction of sp³-hybridized carbons (Fsp3) is 0.440. The predicted molar refractivity (Wildman–Crippen MR) is 120 cm³/mol. The van der Waals surface area contributed by atoms with Crippen LogP contribution in [0.15, 0.2) is 42.5 Å². The molecule has 1 saturated heterocycles. The number of nitrogens with zero attached hydrogens (tertiary/aromatic N) is 1. The van der Waals surface area contributed by atoms with Crippen molar-refractivity contribution in [2.24, 2.45) is 5.92 Å². The van der Waals surface area contributed by atoms with E-state index in [0.717, 1.165) is 25.9 Å². The van der Waals surface area contributed by atoms with Crippen LogP contribution >= 0.6 is 0 Å². The van der Waals surface area contributed by atoms with Crippen LogP contribution in [0.25, 0.3) is 0 Å². The highest BCUT2D eigenvalue weighted by Gasteiger charge is 2.27. The van der Waals surface area contributed by atoms with Gasteiger partial charge in [0.25, 0.3) is 0 Å². The van der Waals surface area contributed by atoms with E-state index < -0.39 is 12.1 Å². The molecule has 2 aromatic rings. The summed E-state index contributed by atoms with van der Waals surface area (Å²) in [6.45, 7) is 3.13. The van der Waals surface area contributed by atoms with Crippen molar-refractivity contribution in [1.29, 1.82) is 0 Å². The Kier molecular flexibility index (Phi) is 7.47. The largest absolute Gasteiger partial charge is 0.491 e. The molecule has 2 aliphatic rings. The second-order valence-corrected chi connectivity index (χ2v) is 8.28. The molecule has 0 spiro atoms. The maximum absolute atomic E-state index is 12.9. The second kappa shape index (κ2) is 10.7. The van der Waals surface area contributed by atoms with Crippen LogP contribution in [-0.4, -0.2) is 74.4 Å². The highest BCUT2D eigenvalue weighted by molar-refractivity contribution is 5.98. The van der Waals surface area contributed by atoms with E-state index in [9.17, 15) is 14.7 Å². The summed E-state index contributed by atoms with van der Waals surface area (Å²) in [5.74, 6) is 1.58. The lowest BCUT2D eigenvalue weighted by Crippen LogP contribution is -2.42. The number of benzene rings is 2. The van der Waals surface area contributed by atoms with Gasteiger partial charge in [-0.3, -0.25) is 4.79 Å². The second-order valence-electron chi connectivity index (χ2n) is 8.28. The third kappa shape index (κ3) is 5.83. The number of carbonyl (C=O) groups is 2. The van der Waals surface area contributed by atoms with Crippen LogP contribution in [0.1, 0.15) is 33.6 Å². The number of Topliss-reactive ketones (excluding diaryl/α,β-unsaturated/α-hetero) is 1. The van der Waals surface area contributed by atoms with Crippen molar-refractivity contribution in [2.45, 2.75) is 18.9 Å². The van der Waals surface area contributed by atoms with Gasteiger partial charge in [-0.05, 0) is 68.4 Å². The van der Waals surface area contributed by atoms with Gasteiger partial charge in [-0.25, -0.2) is 4.79 Å². The molecule has 0 bridgehead atoms. The number of ether oxygens (including phenoxy) is 4. The molecule has 0 amide bonds. The number of esters is 1. The van der Waals surface area contributed by atoms with Crippen LogP contribution in [0.3, 0.4) is 0 Å². The Morgan fingerprint density at radius 2 is 1.70 bits per heavy atom. The van der Waals surface area contributed by atoms with Gasteiger partial charge in [0.2, 0.25) is 0 Å². The van der Waals surface area contributed by atoms with Crippen molar-refractivity contribution >= 4 is 11.8 Å². The molecule has 8 heteroatoms. The number of carbonyl (C=O) groups excluding carboxylic acids is 2. The first-order valence-electron chi connectivity index (χ1n) is 11.2. The zero-order valence-corrected chi connectivity index (χ0v) is 18.7. The number of rotatable bonds is 8. The number of methoxy groups -OCH3 is 1. The van der Waals surface area contributed by atoms with E-state index in [-0.39, 0.29) is 18.3 Å². The SMILES string of the molecule is COC(=O)c1ccc(OC[C@H](O)CN2CCC(C(=O)c3ccc4c(c3)OCCO4)CC2)cc1. The molecule has 1 atom stereocenters. The van der Waals surface area contributed by atoms with Crippen molar-refractivity contribution in [2.75, 3.05) is 46.6 Å². The van der Waals surface area contributed by atoms with Crippen LogP contribution in [0.2, 0.25) is 0 Å². The maximum Gasteiger partial charge on any atom is 0.337 e. The third-order valence-corrected chi connectivity index (χ3v) is 5.97. The summed E-state index contributed by atoms with van der Waals surface area (Å²) in [5.41, 5.74) is 1.10. The summed E-state index contributed by atoms with van der Waals surface area (Å²) in [7, 11) is 1.33. The summed E-state index contributed by atoms with van der Waals surface area (Å²) in [4.78, 5) is 26.6. The molecule has 0 unspecified atom stereocenters. The first-order chi connectivity index (χ1) is 16.0. The van der Waals surface area contributed by atoms with Crippen molar-refractivity contribution in [1.82, 2.24) is 4.90 Å². The molecule has 2 heterocycles. The average molecular weight is 456 g/mol. The number of β-amino-alcohol motifs (C(OH)–C–C–N with tert-alkyl or cyclic N) is 1. The van der Waals surface area contributed by atoms with Gasteiger partial charge in [0.1, 0.15) is 31.7 Å². The molecule has 0 saturated carbocycles. The molecule has 176 valence electrons. The fourth-order valence-electron chi connectivity index (χ4n) is 4.16. The Bertz CT molecular complexity index is 967. The Balaban J connectivity index is 1.21. The molecule has 0 aromatic heterocycles. The van der Waals surface area contributed by atoms with E-state index >= 15 is 0 Å². The Labute approximate surface area is 193 Å².